The Morgan fingerprint density at radius 2 is 1.73 bits per heavy atom. The van der Waals surface area contributed by atoms with E-state index in [1.165, 1.54) is 15.0 Å². The highest BCUT2D eigenvalue weighted by molar-refractivity contribution is 7.26. The minimum atomic E-state index is 0.0213. The molecule has 6 aromatic rings. The van der Waals surface area contributed by atoms with Gasteiger partial charge < -0.3 is 19.0 Å². The van der Waals surface area contributed by atoms with Crippen molar-refractivity contribution in [3.05, 3.63) is 84.8 Å². The molecule has 0 N–H and O–H groups in total. The Hall–Kier alpha value is -4.03. The normalized spacial score (nSPS) is 14.4. The maximum Gasteiger partial charge on any atom is 0.179 e. The Labute approximate surface area is 238 Å². The zero-order valence-corrected chi connectivity index (χ0v) is 24.6. The van der Waals surface area contributed by atoms with Crippen molar-refractivity contribution >= 4 is 48.4 Å². The molecule has 40 heavy (non-hydrogen) atoms. The van der Waals surface area contributed by atoms with Gasteiger partial charge in [0.25, 0.3) is 0 Å². The summed E-state index contributed by atoms with van der Waals surface area (Å²) in [4.78, 5) is 9.39. The molecule has 0 saturated carbocycles. The first-order valence-electron chi connectivity index (χ1n) is 13.7. The molecule has 7 rings (SSSR count). The third kappa shape index (κ3) is 4.09. The number of rotatable bonds is 4. The Morgan fingerprint density at radius 1 is 0.900 bits per heavy atom. The summed E-state index contributed by atoms with van der Waals surface area (Å²) in [6, 6.07) is 21.0. The highest BCUT2D eigenvalue weighted by Crippen LogP contribution is 2.50. The fraction of sp³-hybridized carbons (Fsp3) is 0.265. The first-order valence-corrected chi connectivity index (χ1v) is 14.5. The lowest BCUT2D eigenvalue weighted by molar-refractivity contribution is 0.223. The second-order valence-electron chi connectivity index (χ2n) is 12.6. The Morgan fingerprint density at radius 3 is 2.50 bits per heavy atom. The van der Waals surface area contributed by atoms with Crippen LogP contribution in [0, 0.1) is 0 Å². The van der Waals surface area contributed by atoms with Crippen molar-refractivity contribution in [2.75, 3.05) is 11.6 Å². The third-order valence-electron chi connectivity index (χ3n) is 7.73. The lowest BCUT2D eigenvalue weighted by Gasteiger charge is -2.33. The molecule has 0 spiro atoms. The molecule has 6 heteroatoms. The van der Waals surface area contributed by atoms with E-state index in [4.69, 9.17) is 14.1 Å². The van der Waals surface area contributed by atoms with Crippen LogP contribution in [0.25, 0.3) is 42.6 Å². The van der Waals surface area contributed by atoms with E-state index in [1.54, 1.807) is 11.3 Å². The molecule has 0 atom stereocenters. The lowest BCUT2D eigenvalue weighted by atomic mass is 9.87. The second-order valence-corrected chi connectivity index (χ2v) is 13.7. The van der Waals surface area contributed by atoms with Crippen LogP contribution in [0.5, 0.6) is 11.5 Å². The van der Waals surface area contributed by atoms with E-state index in [-0.39, 0.29) is 11.0 Å². The molecular weight excluding hydrogens is 514 g/mol. The molecule has 202 valence electrons. The van der Waals surface area contributed by atoms with Crippen molar-refractivity contribution in [1.82, 2.24) is 9.88 Å². The Bertz CT molecular complexity index is 1900. The van der Waals surface area contributed by atoms with E-state index in [0.717, 1.165) is 51.3 Å². The monoisotopic (exact) mass is 547 g/mol. The molecule has 5 nitrogen and oxygen atoms in total. The van der Waals surface area contributed by atoms with Gasteiger partial charge in [0.1, 0.15) is 11.3 Å². The fourth-order valence-electron chi connectivity index (χ4n) is 5.39. The predicted octanol–water partition coefficient (Wildman–Crippen LogP) is 9.74. The van der Waals surface area contributed by atoms with Crippen molar-refractivity contribution < 1.29 is 9.15 Å². The van der Waals surface area contributed by atoms with E-state index in [9.17, 15) is 0 Å². The Balaban J connectivity index is 1.34. The second kappa shape index (κ2) is 8.73. The van der Waals surface area contributed by atoms with Crippen molar-refractivity contribution in [3.63, 3.8) is 0 Å². The van der Waals surface area contributed by atoms with Crippen LogP contribution in [0.2, 0.25) is 0 Å². The number of nitrogens with zero attached hydrogens (tertiary/aromatic N) is 3. The van der Waals surface area contributed by atoms with Gasteiger partial charge in [0.05, 0.1) is 17.7 Å². The zero-order valence-electron chi connectivity index (χ0n) is 23.8. The minimum absolute atomic E-state index is 0.0213. The summed E-state index contributed by atoms with van der Waals surface area (Å²) in [6.45, 7) is 14.2. The highest BCUT2D eigenvalue weighted by Gasteiger charge is 2.26. The largest absolute Gasteiger partial charge is 0.453 e. The summed E-state index contributed by atoms with van der Waals surface area (Å²) >= 11 is 1.79. The molecule has 0 amide bonds. The van der Waals surface area contributed by atoms with E-state index in [1.807, 2.05) is 24.4 Å². The molecule has 0 aliphatic carbocycles. The fourth-order valence-corrected chi connectivity index (χ4v) is 6.63. The van der Waals surface area contributed by atoms with Gasteiger partial charge in [-0.05, 0) is 74.2 Å². The van der Waals surface area contributed by atoms with Crippen LogP contribution in [0.15, 0.2) is 83.7 Å². The van der Waals surface area contributed by atoms with Crippen molar-refractivity contribution in [2.24, 2.45) is 0 Å². The third-order valence-corrected chi connectivity index (χ3v) is 8.92. The zero-order chi connectivity index (χ0) is 27.8. The predicted molar refractivity (Wildman–Crippen MR) is 167 cm³/mol. The number of hydrogen-bond acceptors (Lipinski definition) is 6. The molecule has 0 saturated heterocycles. The summed E-state index contributed by atoms with van der Waals surface area (Å²) in [6.07, 6.45) is 6.20. The summed E-state index contributed by atoms with van der Waals surface area (Å²) in [7, 11) is 0. The van der Waals surface area contributed by atoms with Gasteiger partial charge in [-0.15, -0.1) is 11.3 Å². The number of pyridine rings is 1. The van der Waals surface area contributed by atoms with E-state index in [2.05, 4.69) is 106 Å². The summed E-state index contributed by atoms with van der Waals surface area (Å²) in [5.74, 6) is 1.47. The molecule has 0 unspecified atom stereocenters. The SMILES string of the molecule is CC(C)(C)c1ccnc(-c2cc(Oc3cccc(N4C=CN(C(C)(C)C)C4)c3)c3oc4cccc5sc2c3c45)c1. The summed E-state index contributed by atoms with van der Waals surface area (Å²) < 4.78 is 15.5. The number of aromatic nitrogens is 1. The van der Waals surface area contributed by atoms with Crippen molar-refractivity contribution in [3.8, 4) is 22.8 Å². The van der Waals surface area contributed by atoms with Crippen LogP contribution in [0.3, 0.4) is 0 Å². The van der Waals surface area contributed by atoms with Crippen LogP contribution in [-0.2, 0) is 5.41 Å². The van der Waals surface area contributed by atoms with Gasteiger partial charge >= 0.3 is 0 Å². The molecule has 0 bridgehead atoms. The van der Waals surface area contributed by atoms with Gasteiger partial charge in [-0.25, -0.2) is 0 Å². The first kappa shape index (κ1) is 25.0. The lowest BCUT2D eigenvalue weighted by Crippen LogP contribution is -2.39. The number of benzene rings is 3. The van der Waals surface area contributed by atoms with Crippen molar-refractivity contribution in [1.29, 1.82) is 0 Å². The average Bonchev–Trinajstić information content (AvgIpc) is 3.65. The topological polar surface area (TPSA) is 41.7 Å². The molecule has 1 aliphatic heterocycles. The van der Waals surface area contributed by atoms with E-state index >= 15 is 0 Å². The summed E-state index contributed by atoms with van der Waals surface area (Å²) in [5.41, 5.74) is 6.10. The van der Waals surface area contributed by atoms with Gasteiger partial charge in [-0.3, -0.25) is 4.98 Å². The molecule has 0 fully saturated rings. The van der Waals surface area contributed by atoms with E-state index < -0.39 is 0 Å². The molecule has 1 aliphatic rings. The number of ether oxygens (including phenoxy) is 1. The average molecular weight is 548 g/mol. The van der Waals surface area contributed by atoms with Crippen LogP contribution < -0.4 is 9.64 Å². The van der Waals surface area contributed by atoms with Crippen molar-refractivity contribution in [2.45, 2.75) is 52.5 Å². The maximum absolute atomic E-state index is 6.66. The van der Waals surface area contributed by atoms with Gasteiger partial charge in [-0.2, -0.15) is 0 Å². The van der Waals surface area contributed by atoms with Crippen LogP contribution in [0.4, 0.5) is 5.69 Å². The molecule has 3 aromatic heterocycles. The summed E-state index contributed by atoms with van der Waals surface area (Å²) in [5, 5.41) is 2.28. The molecule has 3 aromatic carbocycles. The molecule has 0 radical (unpaired) electrons. The van der Waals surface area contributed by atoms with Crippen LogP contribution in [0.1, 0.15) is 47.1 Å². The Kier molecular flexibility index (Phi) is 5.45. The minimum Gasteiger partial charge on any atom is -0.453 e. The molecule has 4 heterocycles. The number of anilines is 1. The van der Waals surface area contributed by atoms with Gasteiger partial charge in [-0.1, -0.05) is 32.9 Å². The highest BCUT2D eigenvalue weighted by atomic mass is 32.1. The van der Waals surface area contributed by atoms with Gasteiger partial charge in [0, 0.05) is 56.2 Å². The number of furan rings is 1. The smallest absolute Gasteiger partial charge is 0.179 e. The van der Waals surface area contributed by atoms with Crippen LogP contribution in [-0.4, -0.2) is 22.1 Å². The number of thiophene rings is 1. The molecular formula is C34H33N3O2S. The van der Waals surface area contributed by atoms with E-state index in [0.29, 0.717) is 5.75 Å². The van der Waals surface area contributed by atoms with Crippen LogP contribution >= 0.6 is 11.3 Å². The van der Waals surface area contributed by atoms with Gasteiger partial charge in [0.15, 0.2) is 11.3 Å². The quantitative estimate of drug-likeness (QED) is 0.220. The number of hydrogen-bond donors (Lipinski definition) is 0. The standard InChI is InChI=1S/C34H33N3O2S/c1-33(2,3)21-13-14-35-25(17-21)24-19-27(31-30-29-26(39-31)11-8-12-28(29)40-32(24)30)38-23-10-7-9-22(18-23)36-15-16-37(20-36)34(4,5)6/h7-19H,20H2,1-6H3. The van der Waals surface area contributed by atoms with Gasteiger partial charge in [0.2, 0.25) is 0 Å². The maximum atomic E-state index is 6.66. The first-order chi connectivity index (χ1) is 19.1.